The van der Waals surface area contributed by atoms with Gasteiger partial charge in [-0.05, 0) is 30.7 Å². The summed E-state index contributed by atoms with van der Waals surface area (Å²) in [4.78, 5) is 10.6. The molecule has 0 aliphatic heterocycles. The van der Waals surface area contributed by atoms with E-state index in [9.17, 15) is 4.79 Å². The number of hydrogen-bond donors (Lipinski definition) is 1. The Labute approximate surface area is 122 Å². The zero-order chi connectivity index (χ0) is 14.1. The van der Waals surface area contributed by atoms with Crippen LogP contribution in [-0.4, -0.2) is 17.7 Å². The smallest absolute Gasteiger partial charge is 0.328 e. The van der Waals surface area contributed by atoms with E-state index in [1.54, 1.807) is 6.08 Å². The highest BCUT2D eigenvalue weighted by atomic mass is 79.9. The lowest BCUT2D eigenvalue weighted by atomic mass is 10.2. The number of unbranched alkanes of at least 4 members (excludes halogenated alkanes) is 3. The zero-order valence-electron chi connectivity index (χ0n) is 11.1. The van der Waals surface area contributed by atoms with Crippen molar-refractivity contribution in [2.45, 2.75) is 32.6 Å². The Kier molecular flexibility index (Phi) is 7.26. The summed E-state index contributed by atoms with van der Waals surface area (Å²) in [5, 5.41) is 8.67. The Bertz CT molecular complexity index is 441. The average molecular weight is 327 g/mol. The first-order valence-corrected chi connectivity index (χ1v) is 7.26. The normalized spacial score (nSPS) is 10.8. The molecule has 104 valence electrons. The summed E-state index contributed by atoms with van der Waals surface area (Å²) >= 11 is 3.37. The molecule has 0 radical (unpaired) electrons. The van der Waals surface area contributed by atoms with Crippen LogP contribution < -0.4 is 4.74 Å². The molecule has 0 bridgehead atoms. The number of benzene rings is 1. The second-order valence-electron chi connectivity index (χ2n) is 4.26. The molecule has 0 saturated heterocycles. The van der Waals surface area contributed by atoms with E-state index in [0.717, 1.165) is 34.7 Å². The van der Waals surface area contributed by atoms with Gasteiger partial charge in [-0.25, -0.2) is 4.79 Å². The minimum Gasteiger partial charge on any atom is -0.493 e. The molecule has 3 nitrogen and oxygen atoms in total. The van der Waals surface area contributed by atoms with Crippen LogP contribution in [0.3, 0.4) is 0 Å². The molecular weight excluding hydrogens is 308 g/mol. The summed E-state index contributed by atoms with van der Waals surface area (Å²) in [6.45, 7) is 2.83. The lowest BCUT2D eigenvalue weighted by molar-refractivity contribution is -0.131. The van der Waals surface area contributed by atoms with Crippen molar-refractivity contribution in [1.29, 1.82) is 0 Å². The molecule has 0 aromatic heterocycles. The van der Waals surface area contributed by atoms with Gasteiger partial charge in [0.05, 0.1) is 6.61 Å². The molecule has 1 N–H and O–H groups in total. The highest BCUT2D eigenvalue weighted by Crippen LogP contribution is 2.24. The summed E-state index contributed by atoms with van der Waals surface area (Å²) in [5.41, 5.74) is 0.771. The molecule has 1 rings (SSSR count). The first-order chi connectivity index (χ1) is 9.13. The molecule has 0 unspecified atom stereocenters. The first kappa shape index (κ1) is 15.8. The van der Waals surface area contributed by atoms with Crippen LogP contribution in [0.2, 0.25) is 0 Å². The summed E-state index contributed by atoms with van der Waals surface area (Å²) in [6, 6.07) is 5.59. The third-order valence-corrected chi connectivity index (χ3v) is 3.13. The number of carboxylic acids is 1. The SMILES string of the molecule is CCCCCCOc1ccc(Br)cc1/C=C/C(=O)O. The van der Waals surface area contributed by atoms with E-state index in [1.165, 1.54) is 12.8 Å². The Hall–Kier alpha value is -1.29. The maximum atomic E-state index is 10.6. The average Bonchev–Trinajstić information content (AvgIpc) is 2.38. The van der Waals surface area contributed by atoms with Gasteiger partial charge in [0.15, 0.2) is 0 Å². The molecule has 0 aliphatic carbocycles. The van der Waals surface area contributed by atoms with Crippen LogP contribution in [-0.2, 0) is 4.79 Å². The van der Waals surface area contributed by atoms with Gasteiger partial charge in [-0.1, -0.05) is 42.1 Å². The molecule has 1 aromatic rings. The van der Waals surface area contributed by atoms with Crippen LogP contribution in [0.25, 0.3) is 6.08 Å². The van der Waals surface area contributed by atoms with E-state index in [-0.39, 0.29) is 0 Å². The van der Waals surface area contributed by atoms with E-state index < -0.39 is 5.97 Å². The minimum absolute atomic E-state index is 0.662. The van der Waals surface area contributed by atoms with Gasteiger partial charge >= 0.3 is 5.97 Å². The number of halogens is 1. The van der Waals surface area contributed by atoms with Crippen molar-refractivity contribution >= 4 is 28.0 Å². The van der Waals surface area contributed by atoms with Crippen LogP contribution in [0, 0.1) is 0 Å². The monoisotopic (exact) mass is 326 g/mol. The van der Waals surface area contributed by atoms with Crippen molar-refractivity contribution in [3.05, 3.63) is 34.3 Å². The third kappa shape index (κ3) is 6.43. The molecule has 0 aliphatic rings. The molecule has 0 saturated carbocycles. The van der Waals surface area contributed by atoms with E-state index in [0.29, 0.717) is 6.61 Å². The zero-order valence-corrected chi connectivity index (χ0v) is 12.6. The van der Waals surface area contributed by atoms with Gasteiger partial charge < -0.3 is 9.84 Å². The van der Waals surface area contributed by atoms with Crippen LogP contribution in [0.4, 0.5) is 0 Å². The lowest BCUT2D eigenvalue weighted by Crippen LogP contribution is -1.99. The molecule has 19 heavy (non-hydrogen) atoms. The highest BCUT2D eigenvalue weighted by Gasteiger charge is 2.02. The number of aliphatic carboxylic acids is 1. The highest BCUT2D eigenvalue weighted by molar-refractivity contribution is 9.10. The van der Waals surface area contributed by atoms with Gasteiger partial charge in [0, 0.05) is 16.1 Å². The molecule has 0 fully saturated rings. The quantitative estimate of drug-likeness (QED) is 0.565. The standard InChI is InChI=1S/C15H19BrO3/c1-2-3-4-5-10-19-14-8-7-13(16)11-12(14)6-9-15(17)18/h6-9,11H,2-5,10H2,1H3,(H,17,18)/b9-6+. The van der Waals surface area contributed by atoms with E-state index in [2.05, 4.69) is 22.9 Å². The summed E-state index contributed by atoms with van der Waals surface area (Å²) in [7, 11) is 0. The fraction of sp³-hybridized carbons (Fsp3) is 0.400. The third-order valence-electron chi connectivity index (χ3n) is 2.63. The molecule has 0 amide bonds. The van der Waals surface area contributed by atoms with Crippen molar-refractivity contribution in [2.24, 2.45) is 0 Å². The topological polar surface area (TPSA) is 46.5 Å². The molecular formula is C15H19BrO3. The maximum Gasteiger partial charge on any atom is 0.328 e. The van der Waals surface area contributed by atoms with E-state index in [1.807, 2.05) is 18.2 Å². The largest absolute Gasteiger partial charge is 0.493 e. The second kappa shape index (κ2) is 8.75. The molecule has 1 aromatic carbocycles. The van der Waals surface area contributed by atoms with Crippen LogP contribution in [0.15, 0.2) is 28.7 Å². The van der Waals surface area contributed by atoms with E-state index >= 15 is 0 Å². The van der Waals surface area contributed by atoms with Crippen molar-refractivity contribution in [3.63, 3.8) is 0 Å². The number of carboxylic acid groups (broad SMARTS) is 1. The Morgan fingerprint density at radius 3 is 2.84 bits per heavy atom. The van der Waals surface area contributed by atoms with Crippen molar-refractivity contribution < 1.29 is 14.6 Å². The summed E-state index contributed by atoms with van der Waals surface area (Å²) in [5.74, 6) is -0.244. The summed E-state index contributed by atoms with van der Waals surface area (Å²) in [6.07, 6.45) is 7.26. The predicted octanol–water partition coefficient (Wildman–Crippen LogP) is 4.51. The second-order valence-corrected chi connectivity index (χ2v) is 5.18. The number of carbonyl (C=O) groups is 1. The molecule has 0 spiro atoms. The van der Waals surface area contributed by atoms with Crippen LogP contribution >= 0.6 is 15.9 Å². The Morgan fingerprint density at radius 2 is 2.16 bits per heavy atom. The molecule has 0 atom stereocenters. The Morgan fingerprint density at radius 1 is 1.37 bits per heavy atom. The van der Waals surface area contributed by atoms with Crippen LogP contribution in [0.1, 0.15) is 38.2 Å². The van der Waals surface area contributed by atoms with Gasteiger partial charge in [-0.15, -0.1) is 0 Å². The van der Waals surface area contributed by atoms with Gasteiger partial charge in [-0.2, -0.15) is 0 Å². The van der Waals surface area contributed by atoms with Gasteiger partial charge in [0.1, 0.15) is 5.75 Å². The summed E-state index contributed by atoms with van der Waals surface area (Å²) < 4.78 is 6.60. The van der Waals surface area contributed by atoms with Crippen molar-refractivity contribution in [1.82, 2.24) is 0 Å². The number of rotatable bonds is 8. The van der Waals surface area contributed by atoms with Gasteiger partial charge in [0.2, 0.25) is 0 Å². The lowest BCUT2D eigenvalue weighted by Gasteiger charge is -2.09. The molecule has 0 heterocycles. The van der Waals surface area contributed by atoms with Gasteiger partial charge in [0.25, 0.3) is 0 Å². The van der Waals surface area contributed by atoms with Crippen LogP contribution in [0.5, 0.6) is 5.75 Å². The van der Waals surface area contributed by atoms with E-state index in [4.69, 9.17) is 9.84 Å². The van der Waals surface area contributed by atoms with Crippen molar-refractivity contribution in [3.8, 4) is 5.75 Å². The number of hydrogen-bond acceptors (Lipinski definition) is 2. The predicted molar refractivity (Wildman–Crippen MR) is 80.4 cm³/mol. The molecule has 4 heteroatoms. The van der Waals surface area contributed by atoms with Gasteiger partial charge in [-0.3, -0.25) is 0 Å². The Balaban J connectivity index is 2.63. The minimum atomic E-state index is -0.964. The first-order valence-electron chi connectivity index (χ1n) is 6.47. The fourth-order valence-electron chi connectivity index (χ4n) is 1.65. The number of ether oxygens (including phenoxy) is 1. The van der Waals surface area contributed by atoms with Crippen molar-refractivity contribution in [2.75, 3.05) is 6.61 Å². The maximum absolute atomic E-state index is 10.6. The fourth-order valence-corrected chi connectivity index (χ4v) is 2.03.